The van der Waals surface area contributed by atoms with E-state index in [4.69, 9.17) is 11.7 Å². The van der Waals surface area contributed by atoms with E-state index in [1.54, 1.807) is 0 Å². The maximum atomic E-state index is 13.3. The molecule has 2 atom stereocenters. The monoisotopic (exact) mass is 298 g/mol. The molecule has 0 radical (unpaired) electrons. The van der Waals surface area contributed by atoms with Gasteiger partial charge in [0.05, 0.1) is 11.5 Å². The van der Waals surface area contributed by atoms with E-state index in [0.717, 1.165) is 0 Å². The summed E-state index contributed by atoms with van der Waals surface area (Å²) < 4.78 is 38.6. The van der Waals surface area contributed by atoms with Gasteiger partial charge in [0, 0.05) is 13.0 Å². The van der Waals surface area contributed by atoms with Crippen molar-refractivity contribution in [1.82, 2.24) is 4.31 Å². The van der Waals surface area contributed by atoms with Crippen LogP contribution in [0, 0.1) is 6.57 Å². The van der Waals surface area contributed by atoms with Crippen molar-refractivity contribution < 1.29 is 22.7 Å². The molecule has 1 N–H and O–H groups in total. The first-order chi connectivity index (χ1) is 9.36. The molecule has 1 saturated heterocycles. The van der Waals surface area contributed by atoms with Gasteiger partial charge in [-0.15, -0.1) is 0 Å². The normalized spacial score (nSPS) is 23.4. The van der Waals surface area contributed by atoms with E-state index >= 15 is 0 Å². The molecular formula is C12H11FN2O4S. The summed E-state index contributed by atoms with van der Waals surface area (Å²) in [5.74, 6) is -1.37. The molecule has 0 bridgehead atoms. The maximum Gasteiger partial charge on any atom is 0.322 e. The van der Waals surface area contributed by atoms with Crippen molar-refractivity contribution in [3.63, 3.8) is 0 Å². The van der Waals surface area contributed by atoms with E-state index in [1.165, 1.54) is 24.3 Å². The molecule has 0 unspecified atom stereocenters. The summed E-state index contributed by atoms with van der Waals surface area (Å²) in [4.78, 5) is 14.0. The predicted octanol–water partition coefficient (Wildman–Crippen LogP) is 1.42. The van der Waals surface area contributed by atoms with Gasteiger partial charge in [-0.3, -0.25) is 4.79 Å². The summed E-state index contributed by atoms with van der Waals surface area (Å²) >= 11 is 0. The Labute approximate surface area is 115 Å². The summed E-state index contributed by atoms with van der Waals surface area (Å²) in [5, 5.41) is 8.98. The van der Waals surface area contributed by atoms with E-state index in [0.29, 0.717) is 4.31 Å². The molecule has 0 saturated carbocycles. The number of sulfonamides is 1. The fraction of sp³-hybridized carbons (Fsp3) is 0.333. The highest BCUT2D eigenvalue weighted by Crippen LogP contribution is 2.28. The van der Waals surface area contributed by atoms with E-state index in [2.05, 4.69) is 4.85 Å². The SMILES string of the molecule is [C-]#[N+]c1ccc(S(=O)(=O)N2C[C@H](F)C[C@H]2C(=O)O)cc1. The fourth-order valence-corrected chi connectivity index (χ4v) is 3.69. The highest BCUT2D eigenvalue weighted by Gasteiger charge is 2.44. The van der Waals surface area contributed by atoms with Gasteiger partial charge in [-0.2, -0.15) is 4.31 Å². The van der Waals surface area contributed by atoms with E-state index in [1.807, 2.05) is 0 Å². The third kappa shape index (κ3) is 2.50. The largest absolute Gasteiger partial charge is 0.480 e. The average Bonchev–Trinajstić information content (AvgIpc) is 2.82. The molecule has 6 nitrogen and oxygen atoms in total. The van der Waals surface area contributed by atoms with Gasteiger partial charge in [0.2, 0.25) is 10.0 Å². The van der Waals surface area contributed by atoms with Crippen molar-refractivity contribution in [1.29, 1.82) is 0 Å². The molecule has 20 heavy (non-hydrogen) atoms. The standard InChI is InChI=1S/C12H11FN2O4S/c1-14-9-2-4-10(5-3-9)20(18,19)15-7-8(13)6-11(15)12(16)17/h2-5,8,11H,6-7H2,(H,16,17)/t8-,11+/m1/s1. The Morgan fingerprint density at radius 3 is 2.50 bits per heavy atom. The van der Waals surface area contributed by atoms with Gasteiger partial charge in [-0.25, -0.2) is 17.7 Å². The summed E-state index contributed by atoms with van der Waals surface area (Å²) in [6.07, 6.45) is -1.84. The minimum atomic E-state index is -4.08. The summed E-state index contributed by atoms with van der Waals surface area (Å²) in [5.41, 5.74) is 0.267. The smallest absolute Gasteiger partial charge is 0.322 e. The molecular weight excluding hydrogens is 287 g/mol. The first-order valence-corrected chi connectivity index (χ1v) is 7.16. The molecule has 2 rings (SSSR count). The third-order valence-electron chi connectivity index (χ3n) is 3.06. The van der Waals surface area contributed by atoms with Crippen LogP contribution in [0.3, 0.4) is 0 Å². The van der Waals surface area contributed by atoms with Crippen molar-refractivity contribution in [3.05, 3.63) is 35.7 Å². The second-order valence-corrected chi connectivity index (χ2v) is 6.26. The lowest BCUT2D eigenvalue weighted by Gasteiger charge is -2.20. The van der Waals surface area contributed by atoms with Crippen LogP contribution in [0.2, 0.25) is 0 Å². The highest BCUT2D eigenvalue weighted by molar-refractivity contribution is 7.89. The Hall–Kier alpha value is -1.98. The average molecular weight is 298 g/mol. The molecule has 8 heteroatoms. The number of hydrogen-bond donors (Lipinski definition) is 1. The highest BCUT2D eigenvalue weighted by atomic mass is 32.2. The Morgan fingerprint density at radius 2 is 2.00 bits per heavy atom. The lowest BCUT2D eigenvalue weighted by molar-refractivity contribution is -0.140. The number of alkyl halides is 1. The first-order valence-electron chi connectivity index (χ1n) is 5.72. The van der Waals surface area contributed by atoms with Gasteiger partial charge in [0.25, 0.3) is 0 Å². The zero-order valence-corrected chi connectivity index (χ0v) is 11.0. The predicted molar refractivity (Wildman–Crippen MR) is 67.5 cm³/mol. The van der Waals surface area contributed by atoms with Crippen LogP contribution in [-0.4, -0.2) is 42.6 Å². The van der Waals surface area contributed by atoms with Gasteiger partial charge in [0.15, 0.2) is 5.69 Å². The van der Waals surface area contributed by atoms with Crippen LogP contribution in [-0.2, 0) is 14.8 Å². The van der Waals surface area contributed by atoms with E-state index in [-0.39, 0.29) is 17.0 Å². The molecule has 0 amide bonds. The minimum Gasteiger partial charge on any atom is -0.480 e. The van der Waals surface area contributed by atoms with Crippen molar-refractivity contribution in [2.75, 3.05) is 6.54 Å². The number of carboxylic acid groups (broad SMARTS) is 1. The molecule has 0 spiro atoms. The number of halogens is 1. The molecule has 0 aliphatic carbocycles. The van der Waals surface area contributed by atoms with Crippen molar-refractivity contribution >= 4 is 21.7 Å². The Morgan fingerprint density at radius 1 is 1.40 bits per heavy atom. The van der Waals surface area contributed by atoms with E-state index < -0.39 is 34.8 Å². The molecule has 106 valence electrons. The van der Waals surface area contributed by atoms with Crippen molar-refractivity contribution in [3.8, 4) is 0 Å². The number of carboxylic acids is 1. The third-order valence-corrected chi connectivity index (χ3v) is 4.95. The topological polar surface area (TPSA) is 79.0 Å². The van der Waals surface area contributed by atoms with Crippen LogP contribution in [0.1, 0.15) is 6.42 Å². The van der Waals surface area contributed by atoms with Gasteiger partial charge >= 0.3 is 5.97 Å². The van der Waals surface area contributed by atoms with Crippen LogP contribution < -0.4 is 0 Å². The van der Waals surface area contributed by atoms with Gasteiger partial charge < -0.3 is 5.11 Å². The zero-order valence-electron chi connectivity index (χ0n) is 10.2. The molecule has 1 heterocycles. The molecule has 1 fully saturated rings. The van der Waals surface area contributed by atoms with Crippen molar-refractivity contribution in [2.24, 2.45) is 0 Å². The lowest BCUT2D eigenvalue weighted by atomic mass is 10.2. The van der Waals surface area contributed by atoms with Crippen LogP contribution >= 0.6 is 0 Å². The van der Waals surface area contributed by atoms with Crippen LogP contribution in [0.4, 0.5) is 10.1 Å². The number of hydrogen-bond acceptors (Lipinski definition) is 3. The maximum absolute atomic E-state index is 13.3. The summed E-state index contributed by atoms with van der Waals surface area (Å²) in [6, 6.07) is 3.67. The number of benzene rings is 1. The summed E-state index contributed by atoms with van der Waals surface area (Å²) in [6.45, 7) is 6.32. The molecule has 1 aromatic carbocycles. The second kappa shape index (κ2) is 5.19. The Kier molecular flexibility index (Phi) is 3.74. The summed E-state index contributed by atoms with van der Waals surface area (Å²) in [7, 11) is -4.08. The fourth-order valence-electron chi connectivity index (χ4n) is 2.07. The molecule has 0 aromatic heterocycles. The number of rotatable bonds is 3. The quantitative estimate of drug-likeness (QED) is 0.856. The van der Waals surface area contributed by atoms with Crippen LogP contribution in [0.25, 0.3) is 4.85 Å². The first kappa shape index (κ1) is 14.4. The number of carbonyl (C=O) groups is 1. The van der Waals surface area contributed by atoms with Gasteiger partial charge in [-0.05, 0) is 0 Å². The number of nitrogens with zero attached hydrogens (tertiary/aromatic N) is 2. The van der Waals surface area contributed by atoms with Gasteiger partial charge in [-0.1, -0.05) is 24.3 Å². The number of aliphatic carboxylic acids is 1. The Balaban J connectivity index is 2.38. The second-order valence-electron chi connectivity index (χ2n) is 4.37. The molecule has 1 aromatic rings. The molecule has 1 aliphatic rings. The van der Waals surface area contributed by atoms with Crippen LogP contribution in [0.5, 0.6) is 0 Å². The van der Waals surface area contributed by atoms with Gasteiger partial charge in [0.1, 0.15) is 12.2 Å². The molecule has 1 aliphatic heterocycles. The Bertz CT molecular complexity index is 666. The lowest BCUT2D eigenvalue weighted by Crippen LogP contribution is -2.40. The zero-order chi connectivity index (χ0) is 14.9. The van der Waals surface area contributed by atoms with Crippen LogP contribution in [0.15, 0.2) is 29.2 Å². The van der Waals surface area contributed by atoms with E-state index in [9.17, 15) is 17.6 Å². The van der Waals surface area contributed by atoms with Crippen molar-refractivity contribution in [2.45, 2.75) is 23.5 Å². The minimum absolute atomic E-state index is 0.148.